The van der Waals surface area contributed by atoms with Gasteiger partial charge in [-0.25, -0.2) is 8.42 Å². The van der Waals surface area contributed by atoms with E-state index >= 15 is 0 Å². The van der Waals surface area contributed by atoms with Crippen molar-refractivity contribution in [1.29, 1.82) is 0 Å². The van der Waals surface area contributed by atoms with E-state index in [2.05, 4.69) is 17.5 Å². The zero-order valence-corrected chi connectivity index (χ0v) is 22.4. The van der Waals surface area contributed by atoms with E-state index in [-0.39, 0.29) is 35.7 Å². The molecule has 7 nitrogen and oxygen atoms in total. The number of ether oxygens (including phenoxy) is 1. The lowest BCUT2D eigenvalue weighted by Crippen LogP contribution is -2.59. The Kier molecular flexibility index (Phi) is 8.18. The van der Waals surface area contributed by atoms with Gasteiger partial charge in [-0.1, -0.05) is 24.3 Å². The Labute approximate surface area is 221 Å². The lowest BCUT2D eigenvalue weighted by molar-refractivity contribution is -0.258. The minimum Gasteiger partial charge on any atom is -0.376 e. The summed E-state index contributed by atoms with van der Waals surface area (Å²) in [6.07, 6.45) is -4.77. The normalized spacial score (nSPS) is 24.1. The predicted octanol–water partition coefficient (Wildman–Crippen LogP) is 3.35. The Morgan fingerprint density at radius 1 is 1.05 bits per heavy atom. The van der Waals surface area contributed by atoms with Gasteiger partial charge in [0.1, 0.15) is 0 Å². The molecule has 204 valence electrons. The van der Waals surface area contributed by atoms with Crippen LogP contribution in [0.3, 0.4) is 0 Å². The summed E-state index contributed by atoms with van der Waals surface area (Å²) in [5.41, 5.74) is -2.56. The number of anilines is 1. The Balaban J connectivity index is 1.61. The van der Waals surface area contributed by atoms with Gasteiger partial charge in [0.2, 0.25) is 10.0 Å². The second-order valence-electron chi connectivity index (χ2n) is 9.74. The van der Waals surface area contributed by atoms with Crippen molar-refractivity contribution in [3.8, 4) is 0 Å². The Bertz CT molecular complexity index is 1190. The summed E-state index contributed by atoms with van der Waals surface area (Å²) < 4.78 is 74.0. The molecule has 3 atom stereocenters. The fourth-order valence-corrected chi connectivity index (χ4v) is 6.91. The van der Waals surface area contributed by atoms with Crippen LogP contribution in [0.25, 0.3) is 0 Å². The van der Waals surface area contributed by atoms with Crippen molar-refractivity contribution in [2.45, 2.75) is 47.6 Å². The number of thiol groups is 1. The molecule has 0 aromatic heterocycles. The molecular formula is C25H32F3N3O4S2. The standard InChI is InChI=1S/C25H32F3N3O4S2/c1-18-15-29(13-14-35-18)16-21-17-30(37(33,34)23-6-4-3-5-22(23)36)11-12-31(21)20-9-7-19(8-10-20)24(2,32)25(26,27)28/h3-10,18,21,32,36H,11-17H2,1-2H3/t18-,21+,24-/m1/s1. The largest absolute Gasteiger partial charge is 0.421 e. The highest BCUT2D eigenvalue weighted by molar-refractivity contribution is 7.90. The van der Waals surface area contributed by atoms with E-state index < -0.39 is 21.8 Å². The van der Waals surface area contributed by atoms with Gasteiger partial charge < -0.3 is 14.7 Å². The van der Waals surface area contributed by atoms with Crippen LogP contribution in [0.2, 0.25) is 0 Å². The number of hydrogen-bond acceptors (Lipinski definition) is 7. The summed E-state index contributed by atoms with van der Waals surface area (Å²) >= 11 is 4.34. The maximum absolute atomic E-state index is 13.5. The molecule has 4 rings (SSSR count). The number of sulfonamides is 1. The first kappa shape index (κ1) is 28.2. The highest BCUT2D eigenvalue weighted by Gasteiger charge is 2.51. The summed E-state index contributed by atoms with van der Waals surface area (Å²) in [6.45, 7) is 6.02. The molecular weight excluding hydrogens is 527 g/mol. The van der Waals surface area contributed by atoms with Crippen molar-refractivity contribution in [3.63, 3.8) is 0 Å². The topological polar surface area (TPSA) is 73.3 Å². The number of benzene rings is 2. The zero-order chi connectivity index (χ0) is 27.0. The minimum absolute atomic E-state index is 0.0468. The molecule has 0 unspecified atom stereocenters. The zero-order valence-electron chi connectivity index (χ0n) is 20.7. The van der Waals surface area contributed by atoms with Crippen LogP contribution in [0, 0.1) is 0 Å². The smallest absolute Gasteiger partial charge is 0.376 e. The van der Waals surface area contributed by atoms with Gasteiger partial charge in [-0.15, -0.1) is 12.6 Å². The van der Waals surface area contributed by atoms with Crippen LogP contribution in [0.4, 0.5) is 18.9 Å². The third-order valence-corrected chi connectivity index (χ3v) is 9.50. The SMILES string of the molecule is C[C@@H]1CN(C[C@H]2CN(S(=O)(=O)c3ccccc3S)CCN2c2ccc([C@@](C)(O)C(F)(F)F)cc2)CCO1. The second kappa shape index (κ2) is 10.7. The number of nitrogens with zero attached hydrogens (tertiary/aromatic N) is 3. The molecule has 1 N–H and O–H groups in total. The van der Waals surface area contributed by atoms with E-state index in [0.717, 1.165) is 6.92 Å². The van der Waals surface area contributed by atoms with Crippen molar-refractivity contribution in [3.05, 3.63) is 54.1 Å². The summed E-state index contributed by atoms with van der Waals surface area (Å²) in [5, 5.41) is 10.0. The lowest BCUT2D eigenvalue weighted by atomic mass is 9.95. The number of hydrogen-bond donors (Lipinski definition) is 2. The Morgan fingerprint density at radius 2 is 1.73 bits per heavy atom. The highest BCUT2D eigenvalue weighted by atomic mass is 32.2. The number of aliphatic hydroxyl groups is 1. The molecule has 0 amide bonds. The molecule has 2 aromatic carbocycles. The predicted molar refractivity (Wildman–Crippen MR) is 138 cm³/mol. The van der Waals surface area contributed by atoms with Crippen LogP contribution in [0.1, 0.15) is 19.4 Å². The molecule has 12 heteroatoms. The monoisotopic (exact) mass is 559 g/mol. The van der Waals surface area contributed by atoms with Gasteiger partial charge in [-0.2, -0.15) is 17.5 Å². The van der Waals surface area contributed by atoms with Gasteiger partial charge in [-0.3, -0.25) is 4.90 Å². The molecule has 2 aromatic rings. The molecule has 2 aliphatic rings. The average molecular weight is 560 g/mol. The summed E-state index contributed by atoms with van der Waals surface area (Å²) in [5.74, 6) is 0. The van der Waals surface area contributed by atoms with Crippen molar-refractivity contribution < 1.29 is 31.4 Å². The van der Waals surface area contributed by atoms with E-state index in [1.54, 1.807) is 30.3 Å². The van der Waals surface area contributed by atoms with Gasteiger partial charge in [0.15, 0.2) is 5.60 Å². The number of rotatable bonds is 6. The number of alkyl halides is 3. The Hall–Kier alpha value is -1.83. The van der Waals surface area contributed by atoms with Crippen LogP contribution < -0.4 is 4.90 Å². The van der Waals surface area contributed by atoms with E-state index in [0.29, 0.717) is 43.4 Å². The molecule has 37 heavy (non-hydrogen) atoms. The third kappa shape index (κ3) is 5.94. The van der Waals surface area contributed by atoms with E-state index in [1.165, 1.54) is 22.5 Å². The van der Waals surface area contributed by atoms with Gasteiger partial charge in [0.05, 0.1) is 23.6 Å². The molecule has 0 saturated carbocycles. The molecule has 0 aliphatic carbocycles. The first-order valence-electron chi connectivity index (χ1n) is 12.1. The maximum atomic E-state index is 13.5. The van der Waals surface area contributed by atoms with E-state index in [1.807, 2.05) is 11.8 Å². The molecule has 0 spiro atoms. The number of piperazine rings is 1. The van der Waals surface area contributed by atoms with Crippen molar-refractivity contribution in [2.75, 3.05) is 50.8 Å². The Morgan fingerprint density at radius 3 is 2.35 bits per heavy atom. The molecule has 2 fully saturated rings. The van der Waals surface area contributed by atoms with E-state index in [4.69, 9.17) is 4.74 Å². The molecule has 0 bridgehead atoms. The summed E-state index contributed by atoms with van der Waals surface area (Å²) in [7, 11) is -3.80. The first-order valence-corrected chi connectivity index (χ1v) is 14.0. The van der Waals surface area contributed by atoms with Crippen LogP contribution in [-0.2, 0) is 20.4 Å². The van der Waals surface area contributed by atoms with Gasteiger partial charge in [-0.05, 0) is 43.7 Å². The van der Waals surface area contributed by atoms with Crippen LogP contribution >= 0.6 is 12.6 Å². The fraction of sp³-hybridized carbons (Fsp3) is 0.520. The molecule has 0 radical (unpaired) electrons. The van der Waals surface area contributed by atoms with Crippen molar-refractivity contribution >= 4 is 28.3 Å². The van der Waals surface area contributed by atoms with Crippen LogP contribution in [0.15, 0.2) is 58.3 Å². The maximum Gasteiger partial charge on any atom is 0.421 e. The van der Waals surface area contributed by atoms with Gasteiger partial charge >= 0.3 is 6.18 Å². The quantitative estimate of drug-likeness (QED) is 0.529. The second-order valence-corrected chi connectivity index (χ2v) is 12.1. The van der Waals surface area contributed by atoms with Crippen molar-refractivity contribution in [2.24, 2.45) is 0 Å². The number of morpholine rings is 1. The fourth-order valence-electron chi connectivity index (χ4n) is 4.85. The van der Waals surface area contributed by atoms with E-state index in [9.17, 15) is 26.7 Å². The average Bonchev–Trinajstić information content (AvgIpc) is 2.83. The van der Waals surface area contributed by atoms with Gasteiger partial charge in [0, 0.05) is 49.9 Å². The molecule has 2 aliphatic heterocycles. The molecule has 2 heterocycles. The lowest BCUT2D eigenvalue weighted by Gasteiger charge is -2.45. The number of halogens is 3. The minimum atomic E-state index is -4.81. The van der Waals surface area contributed by atoms with Crippen molar-refractivity contribution in [1.82, 2.24) is 9.21 Å². The third-order valence-electron chi connectivity index (χ3n) is 7.04. The van der Waals surface area contributed by atoms with Crippen LogP contribution in [-0.4, -0.2) is 86.9 Å². The molecule has 2 saturated heterocycles. The highest BCUT2D eigenvalue weighted by Crippen LogP contribution is 2.39. The summed E-state index contributed by atoms with van der Waals surface area (Å²) in [6, 6.07) is 12.0. The van der Waals surface area contributed by atoms with Gasteiger partial charge in [0.25, 0.3) is 0 Å². The summed E-state index contributed by atoms with van der Waals surface area (Å²) in [4.78, 5) is 4.77. The first-order chi connectivity index (χ1) is 17.3. The van der Waals surface area contributed by atoms with Crippen LogP contribution in [0.5, 0.6) is 0 Å².